The molecule has 4 aromatic rings. The fourth-order valence-electron chi connectivity index (χ4n) is 5.58. The fourth-order valence-corrected chi connectivity index (χ4v) is 5.88. The molecule has 0 radical (unpaired) electrons. The van der Waals surface area contributed by atoms with Crippen LogP contribution in [0.3, 0.4) is 0 Å². The second kappa shape index (κ2) is 7.41. The van der Waals surface area contributed by atoms with Gasteiger partial charge in [0.25, 0.3) is 0 Å². The number of nitrogen functional groups attached to an aromatic ring is 1. The first-order valence-electron chi connectivity index (χ1n) is 11.4. The van der Waals surface area contributed by atoms with Crippen molar-refractivity contribution in [2.45, 2.75) is 64.1 Å². The SMILES string of the molecule is Cc1cnc2c(Cl)c(CC[C@H]3C[C@@H](n4ccc5c(N)ncnc54)[C@@H]4OC(C)(C)O[C@H]34)ccn12. The Morgan fingerprint density at radius 3 is 2.79 bits per heavy atom. The van der Waals surface area contributed by atoms with Crippen LogP contribution in [0.5, 0.6) is 0 Å². The van der Waals surface area contributed by atoms with E-state index in [-0.39, 0.29) is 18.2 Å². The molecule has 0 amide bonds. The molecule has 0 unspecified atom stereocenters. The summed E-state index contributed by atoms with van der Waals surface area (Å²) in [5.74, 6) is 0.202. The van der Waals surface area contributed by atoms with Gasteiger partial charge in [0.1, 0.15) is 23.9 Å². The summed E-state index contributed by atoms with van der Waals surface area (Å²) in [6.07, 6.45) is 10.2. The van der Waals surface area contributed by atoms with Crippen molar-refractivity contribution in [2.24, 2.45) is 5.92 Å². The Balaban J connectivity index is 1.29. The Morgan fingerprint density at radius 1 is 1.12 bits per heavy atom. The summed E-state index contributed by atoms with van der Waals surface area (Å²) in [7, 11) is 0. The fraction of sp³-hybridized carbons (Fsp3) is 0.458. The normalized spacial score (nSPS) is 26.4. The molecule has 8 nitrogen and oxygen atoms in total. The number of fused-ring (bicyclic) bond motifs is 3. The number of rotatable bonds is 4. The number of aryl methyl sites for hydroxylation is 2. The lowest BCUT2D eigenvalue weighted by molar-refractivity contribution is -0.160. The summed E-state index contributed by atoms with van der Waals surface area (Å²) in [6, 6.07) is 4.19. The van der Waals surface area contributed by atoms with Crippen LogP contribution in [-0.4, -0.2) is 41.9 Å². The Hall–Kier alpha value is -2.68. The highest BCUT2D eigenvalue weighted by molar-refractivity contribution is 6.34. The third-order valence-corrected chi connectivity index (χ3v) is 7.53. The van der Waals surface area contributed by atoms with Gasteiger partial charge in [-0.05, 0) is 63.6 Å². The molecule has 1 aliphatic heterocycles. The van der Waals surface area contributed by atoms with Gasteiger partial charge in [-0.1, -0.05) is 11.6 Å². The predicted molar refractivity (Wildman–Crippen MR) is 126 cm³/mol. The molecule has 0 aromatic carbocycles. The monoisotopic (exact) mass is 466 g/mol. The number of anilines is 1. The second-order valence-electron chi connectivity index (χ2n) is 9.63. The van der Waals surface area contributed by atoms with Crippen molar-refractivity contribution in [1.29, 1.82) is 0 Å². The van der Waals surface area contributed by atoms with Crippen molar-refractivity contribution in [3.8, 4) is 0 Å². The van der Waals surface area contributed by atoms with E-state index in [9.17, 15) is 0 Å². The average Bonchev–Trinajstić information content (AvgIpc) is 3.51. The number of nitrogens with two attached hydrogens (primary N) is 1. The van der Waals surface area contributed by atoms with Crippen molar-refractivity contribution in [1.82, 2.24) is 23.9 Å². The number of hydrogen-bond acceptors (Lipinski definition) is 6. The van der Waals surface area contributed by atoms with Gasteiger partial charge in [-0.15, -0.1) is 0 Å². The van der Waals surface area contributed by atoms with Crippen LogP contribution in [0.1, 0.15) is 44.0 Å². The highest BCUT2D eigenvalue weighted by Gasteiger charge is 2.54. The van der Waals surface area contributed by atoms with E-state index in [1.165, 1.54) is 6.33 Å². The molecule has 172 valence electrons. The lowest BCUT2D eigenvalue weighted by Gasteiger charge is -2.24. The van der Waals surface area contributed by atoms with Crippen molar-refractivity contribution in [3.63, 3.8) is 0 Å². The molecule has 0 spiro atoms. The van der Waals surface area contributed by atoms with E-state index in [1.54, 1.807) is 0 Å². The zero-order chi connectivity index (χ0) is 22.9. The average molecular weight is 467 g/mol. The van der Waals surface area contributed by atoms with Crippen molar-refractivity contribution in [3.05, 3.63) is 53.3 Å². The van der Waals surface area contributed by atoms with Gasteiger partial charge in [-0.2, -0.15) is 0 Å². The van der Waals surface area contributed by atoms with Gasteiger partial charge in [0.05, 0.1) is 22.6 Å². The first-order chi connectivity index (χ1) is 15.8. The topological polar surface area (TPSA) is 92.5 Å². The highest BCUT2D eigenvalue weighted by atomic mass is 35.5. The molecule has 6 rings (SSSR count). The minimum atomic E-state index is -0.618. The number of halogens is 1. The van der Waals surface area contributed by atoms with Gasteiger partial charge in [0, 0.05) is 24.3 Å². The van der Waals surface area contributed by atoms with E-state index in [1.807, 2.05) is 49.8 Å². The summed E-state index contributed by atoms with van der Waals surface area (Å²) >= 11 is 6.72. The number of aromatic nitrogens is 5. The molecule has 2 aliphatic rings. The van der Waals surface area contributed by atoms with E-state index >= 15 is 0 Å². The van der Waals surface area contributed by atoms with Crippen LogP contribution in [0.25, 0.3) is 16.7 Å². The zero-order valence-corrected chi connectivity index (χ0v) is 19.7. The predicted octanol–water partition coefficient (Wildman–Crippen LogP) is 4.34. The van der Waals surface area contributed by atoms with E-state index in [2.05, 4.69) is 25.6 Å². The number of pyridine rings is 1. The summed E-state index contributed by atoms with van der Waals surface area (Å²) in [6.45, 7) is 6.00. The molecule has 2 fully saturated rings. The molecule has 9 heteroatoms. The van der Waals surface area contributed by atoms with E-state index < -0.39 is 5.79 Å². The molecule has 1 saturated heterocycles. The smallest absolute Gasteiger partial charge is 0.163 e. The van der Waals surface area contributed by atoms with E-state index in [4.69, 9.17) is 26.8 Å². The molecule has 2 N–H and O–H groups in total. The van der Waals surface area contributed by atoms with Crippen LogP contribution in [-0.2, 0) is 15.9 Å². The quantitative estimate of drug-likeness (QED) is 0.481. The van der Waals surface area contributed by atoms with Crippen LogP contribution in [0.2, 0.25) is 5.02 Å². The van der Waals surface area contributed by atoms with Crippen LogP contribution in [0.15, 0.2) is 37.1 Å². The number of imidazole rings is 1. The Labute approximate surface area is 196 Å². The number of nitrogens with zero attached hydrogens (tertiary/aromatic N) is 5. The van der Waals surface area contributed by atoms with Gasteiger partial charge in [0.2, 0.25) is 0 Å². The number of ether oxygens (including phenoxy) is 2. The van der Waals surface area contributed by atoms with E-state index in [0.717, 1.165) is 52.2 Å². The number of hydrogen-bond donors (Lipinski definition) is 1. The lowest BCUT2D eigenvalue weighted by atomic mass is 9.96. The van der Waals surface area contributed by atoms with Gasteiger partial charge >= 0.3 is 0 Å². The van der Waals surface area contributed by atoms with Crippen LogP contribution in [0.4, 0.5) is 5.82 Å². The maximum absolute atomic E-state index is 6.72. The zero-order valence-electron chi connectivity index (χ0n) is 18.9. The molecule has 1 saturated carbocycles. The van der Waals surface area contributed by atoms with Crippen LogP contribution >= 0.6 is 11.6 Å². The molecule has 4 aromatic heterocycles. The Morgan fingerprint density at radius 2 is 1.94 bits per heavy atom. The minimum absolute atomic E-state index is 0.0119. The Bertz CT molecular complexity index is 1360. The largest absolute Gasteiger partial charge is 0.383 e. The van der Waals surface area contributed by atoms with Gasteiger partial charge in [-0.25, -0.2) is 15.0 Å². The van der Waals surface area contributed by atoms with Crippen molar-refractivity contribution in [2.75, 3.05) is 5.73 Å². The summed E-state index contributed by atoms with van der Waals surface area (Å²) < 4.78 is 17.0. The Kier molecular flexibility index (Phi) is 4.69. The molecule has 33 heavy (non-hydrogen) atoms. The van der Waals surface area contributed by atoms with Crippen molar-refractivity contribution < 1.29 is 9.47 Å². The highest BCUT2D eigenvalue weighted by Crippen LogP contribution is 2.49. The van der Waals surface area contributed by atoms with Crippen molar-refractivity contribution >= 4 is 34.1 Å². The molecule has 5 heterocycles. The third-order valence-electron chi connectivity index (χ3n) is 7.12. The van der Waals surface area contributed by atoms with Crippen LogP contribution in [0, 0.1) is 12.8 Å². The molecule has 0 bridgehead atoms. The second-order valence-corrected chi connectivity index (χ2v) is 10.0. The van der Waals surface area contributed by atoms with Gasteiger partial charge < -0.3 is 24.2 Å². The molecule has 4 atom stereocenters. The molecule has 1 aliphatic carbocycles. The summed E-state index contributed by atoms with van der Waals surface area (Å²) in [4.78, 5) is 13.1. The molecular formula is C24H27ClN6O2. The summed E-state index contributed by atoms with van der Waals surface area (Å²) in [5.41, 5.74) is 9.90. The maximum atomic E-state index is 6.72. The lowest BCUT2D eigenvalue weighted by Crippen LogP contribution is -2.27. The standard InChI is InChI=1S/C24H27ClN6O2/c1-13-11-27-23-18(25)14(6-8-30(13)23)4-5-15-10-17(20-19(15)32-24(2,3)33-20)31-9-7-16-21(26)28-12-29-22(16)31/h6-9,11-12,15,17,19-20H,4-5,10H2,1-3H3,(H2,26,28,29)/t15-,17+,19+,20-/m0/s1. The van der Waals surface area contributed by atoms with Gasteiger partial charge in [-0.3, -0.25) is 0 Å². The summed E-state index contributed by atoms with van der Waals surface area (Å²) in [5, 5.41) is 1.59. The minimum Gasteiger partial charge on any atom is -0.383 e. The maximum Gasteiger partial charge on any atom is 0.163 e. The third kappa shape index (κ3) is 3.31. The van der Waals surface area contributed by atoms with Crippen LogP contribution < -0.4 is 5.73 Å². The van der Waals surface area contributed by atoms with E-state index in [0.29, 0.717) is 11.7 Å². The van der Waals surface area contributed by atoms with Gasteiger partial charge in [0.15, 0.2) is 11.4 Å². The first-order valence-corrected chi connectivity index (χ1v) is 11.7. The first kappa shape index (κ1) is 20.9. The molecular weight excluding hydrogens is 440 g/mol.